The van der Waals surface area contributed by atoms with E-state index < -0.39 is 0 Å². The van der Waals surface area contributed by atoms with Gasteiger partial charge in [0.05, 0.1) is 12.7 Å². The van der Waals surface area contributed by atoms with E-state index >= 15 is 0 Å². The number of oxazole rings is 1. The van der Waals surface area contributed by atoms with Crippen molar-refractivity contribution in [1.82, 2.24) is 10.3 Å². The molecule has 0 aliphatic heterocycles. The Morgan fingerprint density at radius 2 is 2.50 bits per heavy atom. The highest BCUT2D eigenvalue weighted by atomic mass is 16.4. The van der Waals surface area contributed by atoms with Crippen molar-refractivity contribution in [1.29, 1.82) is 0 Å². The Morgan fingerprint density at radius 3 is 3.14 bits per heavy atom. The normalized spacial score (nSPS) is 10.0. The van der Waals surface area contributed by atoms with E-state index in [0.29, 0.717) is 6.54 Å². The smallest absolute Gasteiger partial charge is 0.208 e. The second-order valence-electron chi connectivity index (χ2n) is 3.06. The van der Waals surface area contributed by atoms with Crippen molar-refractivity contribution in [2.75, 3.05) is 6.54 Å². The first-order chi connectivity index (χ1) is 6.86. The number of aryl methyl sites for hydroxylation is 1. The molecule has 0 atom stereocenters. The summed E-state index contributed by atoms with van der Waals surface area (Å²) in [5.41, 5.74) is 0. The SMILES string of the molecule is C#CCCCNCc1ncc(CC)o1. The number of nitrogens with zero attached hydrogens (tertiary/aromatic N) is 1. The van der Waals surface area contributed by atoms with Gasteiger partial charge in [0.25, 0.3) is 0 Å². The van der Waals surface area contributed by atoms with Crippen molar-refractivity contribution in [3.05, 3.63) is 17.8 Å². The number of unbranched alkanes of at least 4 members (excludes halogenated alkanes) is 1. The second kappa shape index (κ2) is 6.22. The Balaban J connectivity index is 2.15. The van der Waals surface area contributed by atoms with Gasteiger partial charge in [-0.15, -0.1) is 12.3 Å². The number of nitrogens with one attached hydrogen (secondary N) is 1. The molecular formula is C11H16N2O. The minimum absolute atomic E-state index is 0.685. The summed E-state index contributed by atoms with van der Waals surface area (Å²) >= 11 is 0. The number of hydrogen-bond donors (Lipinski definition) is 1. The van der Waals surface area contributed by atoms with E-state index in [4.69, 9.17) is 10.8 Å². The standard InChI is InChI=1S/C11H16N2O/c1-3-5-6-7-12-9-11-13-8-10(4-2)14-11/h1,8,12H,4-7,9H2,2H3. The summed E-state index contributed by atoms with van der Waals surface area (Å²) in [6.45, 7) is 3.64. The van der Waals surface area contributed by atoms with Gasteiger partial charge in [-0.05, 0) is 13.0 Å². The zero-order valence-corrected chi connectivity index (χ0v) is 8.55. The average Bonchev–Trinajstić information content (AvgIpc) is 2.65. The van der Waals surface area contributed by atoms with E-state index in [1.165, 1.54) is 0 Å². The van der Waals surface area contributed by atoms with E-state index in [1.54, 1.807) is 6.20 Å². The molecule has 0 aliphatic carbocycles. The minimum Gasteiger partial charge on any atom is -0.444 e. The molecule has 1 aromatic rings. The molecule has 76 valence electrons. The molecule has 1 heterocycles. The lowest BCUT2D eigenvalue weighted by Gasteiger charge is -1.98. The van der Waals surface area contributed by atoms with E-state index in [2.05, 4.69) is 16.2 Å². The third kappa shape index (κ3) is 3.63. The molecule has 0 aromatic carbocycles. The van der Waals surface area contributed by atoms with E-state index in [0.717, 1.165) is 37.5 Å². The highest BCUT2D eigenvalue weighted by Gasteiger charge is 2.00. The summed E-state index contributed by atoms with van der Waals surface area (Å²) < 4.78 is 5.43. The zero-order chi connectivity index (χ0) is 10.2. The van der Waals surface area contributed by atoms with Gasteiger partial charge in [-0.1, -0.05) is 6.92 Å². The molecule has 0 unspecified atom stereocenters. The van der Waals surface area contributed by atoms with Crippen molar-refractivity contribution in [3.63, 3.8) is 0 Å². The van der Waals surface area contributed by atoms with Gasteiger partial charge in [-0.3, -0.25) is 0 Å². The van der Waals surface area contributed by atoms with Crippen LogP contribution in [-0.4, -0.2) is 11.5 Å². The first-order valence-electron chi connectivity index (χ1n) is 4.94. The van der Waals surface area contributed by atoms with Crippen LogP contribution in [0.25, 0.3) is 0 Å². The van der Waals surface area contributed by atoms with Gasteiger partial charge in [0.2, 0.25) is 5.89 Å². The summed E-state index contributed by atoms with van der Waals surface area (Å²) in [4.78, 5) is 4.14. The fourth-order valence-corrected chi connectivity index (χ4v) is 1.10. The largest absolute Gasteiger partial charge is 0.444 e. The van der Waals surface area contributed by atoms with Gasteiger partial charge in [0, 0.05) is 12.8 Å². The average molecular weight is 192 g/mol. The van der Waals surface area contributed by atoms with Gasteiger partial charge in [-0.2, -0.15) is 0 Å². The Morgan fingerprint density at radius 1 is 1.64 bits per heavy atom. The Bertz CT molecular complexity index is 298. The molecule has 1 aromatic heterocycles. The Kier molecular flexibility index (Phi) is 4.81. The van der Waals surface area contributed by atoms with Crippen molar-refractivity contribution >= 4 is 0 Å². The summed E-state index contributed by atoms with van der Waals surface area (Å²) in [6.07, 6.45) is 9.62. The molecule has 3 nitrogen and oxygen atoms in total. The number of terminal acetylenes is 1. The van der Waals surface area contributed by atoms with Crippen LogP contribution in [0.3, 0.4) is 0 Å². The van der Waals surface area contributed by atoms with Crippen LogP contribution >= 0.6 is 0 Å². The van der Waals surface area contributed by atoms with Crippen molar-refractivity contribution in [2.24, 2.45) is 0 Å². The molecule has 0 bridgehead atoms. The van der Waals surface area contributed by atoms with Gasteiger partial charge < -0.3 is 9.73 Å². The Hall–Kier alpha value is -1.27. The molecule has 0 aliphatic rings. The van der Waals surface area contributed by atoms with Crippen molar-refractivity contribution < 1.29 is 4.42 Å². The number of hydrogen-bond acceptors (Lipinski definition) is 3. The fraction of sp³-hybridized carbons (Fsp3) is 0.545. The van der Waals surface area contributed by atoms with Crippen LogP contribution in [0.15, 0.2) is 10.6 Å². The van der Waals surface area contributed by atoms with E-state index in [9.17, 15) is 0 Å². The predicted molar refractivity (Wildman–Crippen MR) is 55.7 cm³/mol. The molecule has 0 spiro atoms. The summed E-state index contributed by atoms with van der Waals surface area (Å²) in [5.74, 6) is 4.29. The van der Waals surface area contributed by atoms with Crippen molar-refractivity contribution in [2.45, 2.75) is 32.7 Å². The molecule has 14 heavy (non-hydrogen) atoms. The van der Waals surface area contributed by atoms with Crippen LogP contribution < -0.4 is 5.32 Å². The molecule has 0 radical (unpaired) electrons. The van der Waals surface area contributed by atoms with Crippen LogP contribution in [0.1, 0.15) is 31.4 Å². The summed E-state index contributed by atoms with van der Waals surface area (Å²) in [5, 5.41) is 3.22. The molecule has 3 heteroatoms. The maximum atomic E-state index is 5.43. The topological polar surface area (TPSA) is 38.1 Å². The number of aromatic nitrogens is 1. The van der Waals surface area contributed by atoms with Gasteiger partial charge in [0.1, 0.15) is 5.76 Å². The summed E-state index contributed by atoms with van der Waals surface area (Å²) in [6, 6.07) is 0. The summed E-state index contributed by atoms with van der Waals surface area (Å²) in [7, 11) is 0. The quantitative estimate of drug-likeness (QED) is 0.551. The maximum Gasteiger partial charge on any atom is 0.208 e. The second-order valence-corrected chi connectivity index (χ2v) is 3.06. The van der Waals surface area contributed by atoms with E-state index in [1.807, 2.05) is 6.92 Å². The van der Waals surface area contributed by atoms with Crippen molar-refractivity contribution in [3.8, 4) is 12.3 Å². The van der Waals surface area contributed by atoms with Gasteiger partial charge in [-0.25, -0.2) is 4.98 Å². The third-order valence-corrected chi connectivity index (χ3v) is 1.90. The molecule has 0 fully saturated rings. The predicted octanol–water partition coefficient (Wildman–Crippen LogP) is 1.74. The maximum absolute atomic E-state index is 5.43. The lowest BCUT2D eigenvalue weighted by molar-refractivity contribution is 0.438. The van der Waals surface area contributed by atoms with Gasteiger partial charge in [0.15, 0.2) is 0 Å². The first-order valence-corrected chi connectivity index (χ1v) is 4.94. The van der Waals surface area contributed by atoms with Crippen LogP contribution in [0.4, 0.5) is 0 Å². The molecule has 0 saturated carbocycles. The lowest BCUT2D eigenvalue weighted by atomic mass is 10.3. The highest BCUT2D eigenvalue weighted by Crippen LogP contribution is 2.03. The zero-order valence-electron chi connectivity index (χ0n) is 8.55. The molecule has 0 saturated heterocycles. The molecule has 0 amide bonds. The first kappa shape index (κ1) is 10.8. The molecule has 1 N–H and O–H groups in total. The lowest BCUT2D eigenvalue weighted by Crippen LogP contribution is -2.14. The minimum atomic E-state index is 0.685. The third-order valence-electron chi connectivity index (χ3n) is 1.90. The highest BCUT2D eigenvalue weighted by molar-refractivity contribution is 4.93. The van der Waals surface area contributed by atoms with E-state index in [-0.39, 0.29) is 0 Å². The van der Waals surface area contributed by atoms with Crippen LogP contribution in [0.2, 0.25) is 0 Å². The molecule has 1 rings (SSSR count). The fourth-order valence-electron chi connectivity index (χ4n) is 1.10. The monoisotopic (exact) mass is 192 g/mol. The Labute approximate surface area is 84.9 Å². The van der Waals surface area contributed by atoms with Crippen LogP contribution in [-0.2, 0) is 13.0 Å². The van der Waals surface area contributed by atoms with Crippen LogP contribution in [0, 0.1) is 12.3 Å². The van der Waals surface area contributed by atoms with Gasteiger partial charge >= 0.3 is 0 Å². The van der Waals surface area contributed by atoms with Crippen LogP contribution in [0.5, 0.6) is 0 Å². The number of rotatable bonds is 6. The molecular weight excluding hydrogens is 176 g/mol.